The summed E-state index contributed by atoms with van der Waals surface area (Å²) in [7, 11) is 0. The quantitative estimate of drug-likeness (QED) is 0.893. The zero-order chi connectivity index (χ0) is 14.7. The van der Waals surface area contributed by atoms with Gasteiger partial charge < -0.3 is 10.6 Å². The lowest BCUT2D eigenvalue weighted by Crippen LogP contribution is -2.27. The van der Waals surface area contributed by atoms with Gasteiger partial charge in [-0.15, -0.1) is 0 Å². The van der Waals surface area contributed by atoms with E-state index in [0.717, 1.165) is 25.9 Å². The molecule has 0 saturated carbocycles. The first kappa shape index (κ1) is 14.2. The summed E-state index contributed by atoms with van der Waals surface area (Å²) in [5, 5.41) is 0. The Morgan fingerprint density at radius 2 is 1.81 bits per heavy atom. The van der Waals surface area contributed by atoms with Gasteiger partial charge in [0.1, 0.15) is 0 Å². The van der Waals surface area contributed by atoms with Crippen molar-refractivity contribution in [3.05, 3.63) is 65.7 Å². The molecule has 1 aliphatic heterocycles. The maximum Gasteiger partial charge on any atom is 0.0540 e. The maximum atomic E-state index is 5.81. The molecule has 2 N–H and O–H groups in total. The van der Waals surface area contributed by atoms with Crippen molar-refractivity contribution < 1.29 is 0 Å². The highest BCUT2D eigenvalue weighted by Crippen LogP contribution is 2.43. The number of hydrogen-bond donors (Lipinski definition) is 1. The monoisotopic (exact) mass is 280 g/mol. The summed E-state index contributed by atoms with van der Waals surface area (Å²) < 4.78 is 0. The van der Waals surface area contributed by atoms with Crippen molar-refractivity contribution in [3.63, 3.8) is 0 Å². The van der Waals surface area contributed by atoms with Crippen molar-refractivity contribution in [3.8, 4) is 0 Å². The zero-order valence-electron chi connectivity index (χ0n) is 12.7. The zero-order valence-corrected chi connectivity index (χ0v) is 12.7. The Bertz CT molecular complexity index is 579. The van der Waals surface area contributed by atoms with Crippen molar-refractivity contribution in [2.75, 3.05) is 18.0 Å². The van der Waals surface area contributed by atoms with Gasteiger partial charge in [0.2, 0.25) is 0 Å². The molecule has 2 atom stereocenters. The fourth-order valence-electron chi connectivity index (χ4n) is 3.58. The van der Waals surface area contributed by atoms with E-state index >= 15 is 0 Å². The Morgan fingerprint density at radius 3 is 2.52 bits per heavy atom. The summed E-state index contributed by atoms with van der Waals surface area (Å²) in [6.07, 6.45) is 2.19. The van der Waals surface area contributed by atoms with E-state index in [4.69, 9.17) is 5.73 Å². The predicted octanol–water partition coefficient (Wildman–Crippen LogP) is 4.09. The molecule has 2 unspecified atom stereocenters. The average molecular weight is 280 g/mol. The number of nitrogens with two attached hydrogens (primary N) is 1. The molecule has 2 aromatic rings. The van der Waals surface area contributed by atoms with E-state index in [1.54, 1.807) is 0 Å². The van der Waals surface area contributed by atoms with Gasteiger partial charge in [-0.25, -0.2) is 0 Å². The molecule has 2 aromatic carbocycles. The summed E-state index contributed by atoms with van der Waals surface area (Å²) in [5.74, 6) is 0.573. The molecule has 110 valence electrons. The van der Waals surface area contributed by atoms with E-state index in [0.29, 0.717) is 12.0 Å². The van der Waals surface area contributed by atoms with Crippen LogP contribution in [0.2, 0.25) is 0 Å². The van der Waals surface area contributed by atoms with Crippen LogP contribution in [0, 0.1) is 0 Å². The van der Waals surface area contributed by atoms with Crippen LogP contribution in [0.15, 0.2) is 54.6 Å². The van der Waals surface area contributed by atoms with Crippen LogP contribution in [-0.2, 0) is 0 Å². The van der Waals surface area contributed by atoms with Gasteiger partial charge in [-0.3, -0.25) is 0 Å². The van der Waals surface area contributed by atoms with E-state index in [1.165, 1.54) is 16.8 Å². The number of para-hydroxylation sites is 1. The molecule has 0 fully saturated rings. The second kappa shape index (κ2) is 6.31. The lowest BCUT2D eigenvalue weighted by molar-refractivity contribution is 0.571. The van der Waals surface area contributed by atoms with Crippen LogP contribution in [0.3, 0.4) is 0 Å². The minimum Gasteiger partial charge on any atom is -0.364 e. The summed E-state index contributed by atoms with van der Waals surface area (Å²) in [6, 6.07) is 20.1. The molecule has 3 rings (SSSR count). The van der Waals surface area contributed by atoms with Crippen molar-refractivity contribution >= 4 is 5.69 Å². The first-order valence-electron chi connectivity index (χ1n) is 7.95. The summed E-state index contributed by atoms with van der Waals surface area (Å²) in [6.45, 7) is 4.12. The fraction of sp³-hybridized carbons (Fsp3) is 0.368. The molecule has 2 heteroatoms. The molecule has 0 bridgehead atoms. The van der Waals surface area contributed by atoms with Gasteiger partial charge in [0.05, 0.1) is 6.04 Å². The topological polar surface area (TPSA) is 29.3 Å². The second-order valence-corrected chi connectivity index (χ2v) is 5.82. The highest BCUT2D eigenvalue weighted by Gasteiger charge is 2.31. The third kappa shape index (κ3) is 2.68. The number of anilines is 1. The molecule has 2 nitrogen and oxygen atoms in total. The Labute approximate surface area is 127 Å². The Balaban J connectivity index is 1.95. The lowest BCUT2D eigenvalue weighted by Gasteiger charge is -2.30. The van der Waals surface area contributed by atoms with E-state index in [1.807, 2.05) is 0 Å². The van der Waals surface area contributed by atoms with Crippen LogP contribution >= 0.6 is 0 Å². The van der Waals surface area contributed by atoms with Crippen LogP contribution in [0.4, 0.5) is 5.69 Å². The number of hydrogen-bond acceptors (Lipinski definition) is 2. The van der Waals surface area contributed by atoms with E-state index < -0.39 is 0 Å². The molecular weight excluding hydrogens is 256 g/mol. The average Bonchev–Trinajstić information content (AvgIpc) is 2.89. The Morgan fingerprint density at radius 1 is 1.10 bits per heavy atom. The standard InChI is InChI=1S/C19H24N2/c1-2-18(15-8-4-3-5-9-15)21-14-16(12-13-20)17-10-6-7-11-19(17)21/h3-11,16,18H,2,12-14,20H2,1H3. The third-order valence-corrected chi connectivity index (χ3v) is 4.57. The number of fused-ring (bicyclic) bond motifs is 1. The highest BCUT2D eigenvalue weighted by atomic mass is 15.2. The summed E-state index contributed by atoms with van der Waals surface area (Å²) in [5.41, 5.74) is 10.1. The Kier molecular flexibility index (Phi) is 4.26. The molecule has 1 aliphatic rings. The third-order valence-electron chi connectivity index (χ3n) is 4.57. The van der Waals surface area contributed by atoms with Gasteiger partial charge in [-0.2, -0.15) is 0 Å². The van der Waals surface area contributed by atoms with Crippen LogP contribution in [0.25, 0.3) is 0 Å². The van der Waals surface area contributed by atoms with Crippen molar-refractivity contribution in [2.45, 2.75) is 31.7 Å². The molecule has 0 aromatic heterocycles. The van der Waals surface area contributed by atoms with E-state index in [9.17, 15) is 0 Å². The predicted molar refractivity (Wildman–Crippen MR) is 89.7 cm³/mol. The van der Waals surface area contributed by atoms with Crippen molar-refractivity contribution in [2.24, 2.45) is 5.73 Å². The molecule has 0 spiro atoms. The maximum absolute atomic E-state index is 5.81. The van der Waals surface area contributed by atoms with E-state index in [2.05, 4.69) is 66.4 Å². The van der Waals surface area contributed by atoms with Crippen molar-refractivity contribution in [1.82, 2.24) is 0 Å². The first-order chi connectivity index (χ1) is 10.3. The van der Waals surface area contributed by atoms with Gasteiger partial charge in [-0.1, -0.05) is 55.5 Å². The highest BCUT2D eigenvalue weighted by molar-refractivity contribution is 5.61. The number of nitrogens with zero attached hydrogens (tertiary/aromatic N) is 1. The van der Waals surface area contributed by atoms with Gasteiger partial charge >= 0.3 is 0 Å². The second-order valence-electron chi connectivity index (χ2n) is 5.82. The first-order valence-corrected chi connectivity index (χ1v) is 7.95. The smallest absolute Gasteiger partial charge is 0.0540 e. The van der Waals surface area contributed by atoms with Crippen LogP contribution in [-0.4, -0.2) is 13.1 Å². The van der Waals surface area contributed by atoms with Gasteiger partial charge in [-0.05, 0) is 36.6 Å². The molecule has 0 aliphatic carbocycles. The molecule has 0 saturated heterocycles. The van der Waals surface area contributed by atoms with Crippen molar-refractivity contribution in [1.29, 1.82) is 0 Å². The molecule has 1 heterocycles. The molecule has 21 heavy (non-hydrogen) atoms. The lowest BCUT2D eigenvalue weighted by atomic mass is 9.98. The minimum absolute atomic E-state index is 0.454. The SMILES string of the molecule is CCC(c1ccccc1)N1CC(CCN)c2ccccc21. The van der Waals surface area contributed by atoms with E-state index in [-0.39, 0.29) is 0 Å². The van der Waals surface area contributed by atoms with Gasteiger partial charge in [0, 0.05) is 18.2 Å². The normalized spacial score (nSPS) is 18.6. The summed E-state index contributed by atoms with van der Waals surface area (Å²) in [4.78, 5) is 2.57. The fourth-order valence-corrected chi connectivity index (χ4v) is 3.58. The minimum atomic E-state index is 0.454. The summed E-state index contributed by atoms with van der Waals surface area (Å²) >= 11 is 0. The number of rotatable bonds is 5. The largest absolute Gasteiger partial charge is 0.364 e. The number of benzene rings is 2. The molecular formula is C19H24N2. The Hall–Kier alpha value is -1.80. The van der Waals surface area contributed by atoms with Gasteiger partial charge in [0.25, 0.3) is 0 Å². The molecule has 0 radical (unpaired) electrons. The van der Waals surface area contributed by atoms with Crippen LogP contribution < -0.4 is 10.6 Å². The van der Waals surface area contributed by atoms with Gasteiger partial charge in [0.15, 0.2) is 0 Å². The molecule has 0 amide bonds. The van der Waals surface area contributed by atoms with Crippen LogP contribution in [0.5, 0.6) is 0 Å². The van der Waals surface area contributed by atoms with Crippen LogP contribution in [0.1, 0.15) is 42.9 Å².